The minimum absolute atomic E-state index is 0.168. The van der Waals surface area contributed by atoms with Gasteiger partial charge in [0.1, 0.15) is 5.75 Å². The molecule has 2 fully saturated rings. The molecule has 5 heteroatoms. The Morgan fingerprint density at radius 1 is 1.30 bits per heavy atom. The van der Waals surface area contributed by atoms with Gasteiger partial charge in [-0.15, -0.1) is 0 Å². The molecule has 128 valence electrons. The van der Waals surface area contributed by atoms with Gasteiger partial charge >= 0.3 is 0 Å². The average molecular weight is 338 g/mol. The molecule has 3 rings (SSSR count). The highest BCUT2D eigenvalue weighted by Gasteiger charge is 2.27. The van der Waals surface area contributed by atoms with E-state index < -0.39 is 0 Å². The summed E-state index contributed by atoms with van der Waals surface area (Å²) in [5.41, 5.74) is 1.22. The number of aromatic hydroxyl groups is 1. The zero-order valence-corrected chi connectivity index (χ0v) is 14.7. The first kappa shape index (κ1) is 17.0. The standard InChI is InChI=1S/C18H28ClN3O/c1-14-3-2-8-21(12-14)13-17(22-9-6-20-7-10-22)15-4-5-18(23)16(19)11-15/h4-5,11,14,17,20,23H,2-3,6-10,12-13H2,1H3. The number of benzene rings is 1. The Hall–Kier alpha value is -0.810. The Bertz CT molecular complexity index is 519. The lowest BCUT2D eigenvalue weighted by Crippen LogP contribution is -2.49. The predicted molar refractivity (Wildman–Crippen MR) is 95.1 cm³/mol. The van der Waals surface area contributed by atoms with Crippen LogP contribution in [-0.4, -0.2) is 60.7 Å². The second-order valence-corrected chi connectivity index (χ2v) is 7.43. The molecule has 2 aliphatic rings. The van der Waals surface area contributed by atoms with Crippen molar-refractivity contribution < 1.29 is 5.11 Å². The zero-order chi connectivity index (χ0) is 16.2. The molecule has 4 nitrogen and oxygen atoms in total. The Kier molecular flexibility index (Phi) is 5.81. The summed E-state index contributed by atoms with van der Waals surface area (Å²) in [6.07, 6.45) is 2.64. The Balaban J connectivity index is 1.78. The van der Waals surface area contributed by atoms with Gasteiger partial charge in [0.15, 0.2) is 0 Å². The Morgan fingerprint density at radius 2 is 2.09 bits per heavy atom. The second-order valence-electron chi connectivity index (χ2n) is 7.02. The fraction of sp³-hybridized carbons (Fsp3) is 0.667. The van der Waals surface area contributed by atoms with E-state index in [0.29, 0.717) is 11.1 Å². The highest BCUT2D eigenvalue weighted by molar-refractivity contribution is 6.32. The molecule has 2 saturated heterocycles. The number of phenols is 1. The van der Waals surface area contributed by atoms with Crippen LogP contribution in [0, 0.1) is 5.92 Å². The first-order valence-electron chi connectivity index (χ1n) is 8.79. The van der Waals surface area contributed by atoms with Crippen molar-refractivity contribution in [1.82, 2.24) is 15.1 Å². The molecule has 23 heavy (non-hydrogen) atoms. The van der Waals surface area contributed by atoms with Crippen molar-refractivity contribution in [2.75, 3.05) is 45.8 Å². The van der Waals surface area contributed by atoms with Crippen LogP contribution in [0.1, 0.15) is 31.4 Å². The van der Waals surface area contributed by atoms with Gasteiger partial charge in [0, 0.05) is 45.3 Å². The molecule has 1 aromatic carbocycles. The first-order valence-corrected chi connectivity index (χ1v) is 9.17. The Morgan fingerprint density at radius 3 is 2.78 bits per heavy atom. The fourth-order valence-electron chi connectivity index (χ4n) is 3.85. The monoisotopic (exact) mass is 337 g/mol. The van der Waals surface area contributed by atoms with Gasteiger partial charge in [0.2, 0.25) is 0 Å². The normalized spacial score (nSPS) is 25.4. The molecule has 2 N–H and O–H groups in total. The van der Waals surface area contributed by atoms with Crippen molar-refractivity contribution >= 4 is 11.6 Å². The summed E-state index contributed by atoms with van der Waals surface area (Å²) >= 11 is 6.17. The van der Waals surface area contributed by atoms with Crippen LogP contribution in [0.25, 0.3) is 0 Å². The smallest absolute Gasteiger partial charge is 0.134 e. The third-order valence-corrected chi connectivity index (χ3v) is 5.42. The van der Waals surface area contributed by atoms with E-state index in [4.69, 9.17) is 11.6 Å². The van der Waals surface area contributed by atoms with Gasteiger partial charge in [0.05, 0.1) is 5.02 Å². The van der Waals surface area contributed by atoms with Crippen molar-refractivity contribution in [2.45, 2.75) is 25.8 Å². The topological polar surface area (TPSA) is 38.7 Å². The maximum atomic E-state index is 9.73. The SMILES string of the molecule is CC1CCCN(CC(c2ccc(O)c(Cl)c2)N2CCNCC2)C1. The highest BCUT2D eigenvalue weighted by Crippen LogP contribution is 2.31. The van der Waals surface area contributed by atoms with E-state index in [9.17, 15) is 5.11 Å². The van der Waals surface area contributed by atoms with Crippen molar-refractivity contribution in [3.8, 4) is 5.75 Å². The number of hydrogen-bond donors (Lipinski definition) is 2. The number of piperazine rings is 1. The molecule has 0 amide bonds. The fourth-order valence-corrected chi connectivity index (χ4v) is 4.04. The van der Waals surface area contributed by atoms with E-state index in [1.807, 2.05) is 12.1 Å². The lowest BCUT2D eigenvalue weighted by atomic mass is 9.97. The van der Waals surface area contributed by atoms with E-state index >= 15 is 0 Å². The number of rotatable bonds is 4. The third-order valence-electron chi connectivity index (χ3n) is 5.12. The quantitative estimate of drug-likeness (QED) is 0.886. The molecule has 2 aliphatic heterocycles. The number of hydrogen-bond acceptors (Lipinski definition) is 4. The maximum absolute atomic E-state index is 9.73. The number of likely N-dealkylation sites (tertiary alicyclic amines) is 1. The second kappa shape index (κ2) is 7.84. The highest BCUT2D eigenvalue weighted by atomic mass is 35.5. The maximum Gasteiger partial charge on any atom is 0.134 e. The van der Waals surface area contributed by atoms with E-state index in [2.05, 4.69) is 22.0 Å². The first-order chi connectivity index (χ1) is 11.1. The number of phenolic OH excluding ortho intramolecular Hbond substituents is 1. The largest absolute Gasteiger partial charge is 0.506 e. The summed E-state index contributed by atoms with van der Waals surface area (Å²) in [6, 6.07) is 6.05. The van der Waals surface area contributed by atoms with Crippen LogP contribution < -0.4 is 5.32 Å². The van der Waals surface area contributed by atoms with Gasteiger partial charge < -0.3 is 15.3 Å². The van der Waals surface area contributed by atoms with Crippen molar-refractivity contribution in [2.24, 2.45) is 5.92 Å². The summed E-state index contributed by atoms with van der Waals surface area (Å²) in [5, 5.41) is 13.6. The van der Waals surface area contributed by atoms with Crippen LogP contribution in [0.5, 0.6) is 5.75 Å². The van der Waals surface area contributed by atoms with Gasteiger partial charge in [0.25, 0.3) is 0 Å². The molecule has 0 aliphatic carbocycles. The molecule has 0 bridgehead atoms. The molecule has 0 radical (unpaired) electrons. The number of piperidine rings is 1. The zero-order valence-electron chi connectivity index (χ0n) is 14.0. The van der Waals surface area contributed by atoms with Crippen LogP contribution in [0.2, 0.25) is 5.02 Å². The summed E-state index contributed by atoms with van der Waals surface area (Å²) in [4.78, 5) is 5.15. The lowest BCUT2D eigenvalue weighted by Gasteiger charge is -2.40. The lowest BCUT2D eigenvalue weighted by molar-refractivity contribution is 0.100. The van der Waals surface area contributed by atoms with Gasteiger partial charge in [-0.25, -0.2) is 0 Å². The van der Waals surface area contributed by atoms with Crippen molar-refractivity contribution in [1.29, 1.82) is 0 Å². The van der Waals surface area contributed by atoms with Crippen molar-refractivity contribution in [3.63, 3.8) is 0 Å². The van der Waals surface area contributed by atoms with Crippen LogP contribution >= 0.6 is 11.6 Å². The molecule has 1 aromatic rings. The predicted octanol–water partition coefficient (Wildman–Crippen LogP) is 2.72. The summed E-state index contributed by atoms with van der Waals surface area (Å²) in [6.45, 7) is 9.98. The number of nitrogens with zero attached hydrogens (tertiary/aromatic N) is 2. The number of nitrogens with one attached hydrogen (secondary N) is 1. The van der Waals surface area contributed by atoms with Crippen LogP contribution in [0.3, 0.4) is 0 Å². The van der Waals surface area contributed by atoms with Gasteiger partial charge in [-0.2, -0.15) is 0 Å². The molecule has 2 atom stereocenters. The minimum atomic E-state index is 0.168. The van der Waals surface area contributed by atoms with Gasteiger partial charge in [-0.05, 0) is 43.0 Å². The summed E-state index contributed by atoms with van der Waals surface area (Å²) < 4.78 is 0. The molecule has 2 heterocycles. The molecular weight excluding hydrogens is 310 g/mol. The molecule has 0 saturated carbocycles. The summed E-state index contributed by atoms with van der Waals surface area (Å²) in [5.74, 6) is 0.955. The van der Waals surface area contributed by atoms with Gasteiger partial charge in [-0.1, -0.05) is 24.6 Å². The third kappa shape index (κ3) is 4.38. The van der Waals surface area contributed by atoms with E-state index in [0.717, 1.165) is 38.6 Å². The Labute approximate surface area is 144 Å². The molecular formula is C18H28ClN3O. The van der Waals surface area contributed by atoms with E-state index in [1.54, 1.807) is 6.07 Å². The molecule has 0 aromatic heterocycles. The summed E-state index contributed by atoms with van der Waals surface area (Å²) in [7, 11) is 0. The minimum Gasteiger partial charge on any atom is -0.506 e. The van der Waals surface area contributed by atoms with Crippen LogP contribution in [-0.2, 0) is 0 Å². The van der Waals surface area contributed by atoms with E-state index in [1.165, 1.54) is 31.5 Å². The van der Waals surface area contributed by atoms with Crippen LogP contribution in [0.4, 0.5) is 0 Å². The van der Waals surface area contributed by atoms with E-state index in [-0.39, 0.29) is 5.75 Å². The molecule has 2 unspecified atom stereocenters. The molecule has 0 spiro atoms. The van der Waals surface area contributed by atoms with Crippen molar-refractivity contribution in [3.05, 3.63) is 28.8 Å². The van der Waals surface area contributed by atoms with Gasteiger partial charge in [-0.3, -0.25) is 4.90 Å². The number of halogens is 1. The van der Waals surface area contributed by atoms with Crippen LogP contribution in [0.15, 0.2) is 18.2 Å². The average Bonchev–Trinajstić information content (AvgIpc) is 2.56.